The van der Waals surface area contributed by atoms with Gasteiger partial charge in [-0.25, -0.2) is 0 Å². The molecule has 0 fully saturated rings. The van der Waals surface area contributed by atoms with Gasteiger partial charge >= 0.3 is 0 Å². The van der Waals surface area contributed by atoms with Gasteiger partial charge in [-0.2, -0.15) is 0 Å². The lowest BCUT2D eigenvalue weighted by atomic mass is 10.2. The van der Waals surface area contributed by atoms with E-state index in [9.17, 15) is 9.59 Å². The molecule has 0 radical (unpaired) electrons. The Balaban J connectivity index is 2.34. The van der Waals surface area contributed by atoms with Crippen molar-refractivity contribution in [1.82, 2.24) is 10.6 Å². The molecule has 0 aliphatic rings. The van der Waals surface area contributed by atoms with Crippen LogP contribution in [0.15, 0.2) is 28.7 Å². The van der Waals surface area contributed by atoms with Crippen LogP contribution in [0.3, 0.4) is 0 Å². The second kappa shape index (κ2) is 7.91. The minimum absolute atomic E-state index is 0.0287. The van der Waals surface area contributed by atoms with Crippen LogP contribution < -0.4 is 15.5 Å². The molecule has 0 heterocycles. The first kappa shape index (κ1) is 15.7. The number of rotatable bonds is 6. The topological polar surface area (TPSA) is 62.6 Å². The molecule has 0 aliphatic heterocycles. The third-order valence-corrected chi connectivity index (χ3v) is 3.14. The van der Waals surface area contributed by atoms with Crippen LogP contribution in [-0.4, -0.2) is 39.0 Å². The van der Waals surface area contributed by atoms with Gasteiger partial charge in [-0.1, -0.05) is 28.1 Å². The van der Waals surface area contributed by atoms with Crippen molar-refractivity contribution in [2.24, 2.45) is 0 Å². The lowest BCUT2D eigenvalue weighted by Gasteiger charge is -2.13. The van der Waals surface area contributed by atoms with Gasteiger partial charge < -0.3 is 15.5 Å². The molecular formula is C13H19BrN3O2+. The fraction of sp³-hybridized carbons (Fsp3) is 0.385. The first-order chi connectivity index (χ1) is 9.01. The predicted octanol–water partition coefficient (Wildman–Crippen LogP) is -0.674. The van der Waals surface area contributed by atoms with Gasteiger partial charge in [0.05, 0.1) is 13.6 Å². The molecule has 3 N–H and O–H groups in total. The zero-order chi connectivity index (χ0) is 14.3. The molecule has 1 atom stereocenters. The molecule has 0 saturated carbocycles. The molecule has 0 aliphatic carbocycles. The van der Waals surface area contributed by atoms with Crippen LogP contribution in [0.2, 0.25) is 0 Å². The Bertz CT molecular complexity index is 434. The summed E-state index contributed by atoms with van der Waals surface area (Å²) in [7, 11) is 3.49. The number of benzene rings is 1. The maximum atomic E-state index is 11.6. The molecular weight excluding hydrogens is 310 g/mol. The molecule has 19 heavy (non-hydrogen) atoms. The SMILES string of the molecule is CNC(=O)CNC(=O)C[NH+](C)Cc1ccc(Br)cc1. The molecule has 2 amide bonds. The van der Waals surface area contributed by atoms with E-state index >= 15 is 0 Å². The van der Waals surface area contributed by atoms with Gasteiger partial charge in [0.2, 0.25) is 5.91 Å². The lowest BCUT2D eigenvalue weighted by Crippen LogP contribution is -3.08. The van der Waals surface area contributed by atoms with Crippen LogP contribution in [-0.2, 0) is 16.1 Å². The summed E-state index contributed by atoms with van der Waals surface area (Å²) >= 11 is 3.38. The number of carbonyl (C=O) groups excluding carboxylic acids is 2. The smallest absolute Gasteiger partial charge is 0.275 e. The van der Waals surface area contributed by atoms with E-state index in [0.29, 0.717) is 6.54 Å². The third-order valence-electron chi connectivity index (χ3n) is 2.61. The summed E-state index contributed by atoms with van der Waals surface area (Å²) in [6, 6.07) is 8.01. The second-order valence-electron chi connectivity index (χ2n) is 4.39. The average Bonchev–Trinajstić information content (AvgIpc) is 2.38. The fourth-order valence-corrected chi connectivity index (χ4v) is 1.88. The summed E-state index contributed by atoms with van der Waals surface area (Å²) in [4.78, 5) is 23.7. The molecule has 1 unspecified atom stereocenters. The summed E-state index contributed by atoms with van der Waals surface area (Å²) in [5.41, 5.74) is 1.17. The highest BCUT2D eigenvalue weighted by molar-refractivity contribution is 9.10. The number of hydrogen-bond acceptors (Lipinski definition) is 2. The Morgan fingerprint density at radius 3 is 2.42 bits per heavy atom. The summed E-state index contributed by atoms with van der Waals surface area (Å²) < 4.78 is 1.04. The molecule has 0 spiro atoms. The van der Waals surface area contributed by atoms with Crippen LogP contribution in [0.4, 0.5) is 0 Å². The second-order valence-corrected chi connectivity index (χ2v) is 5.30. The van der Waals surface area contributed by atoms with Gasteiger partial charge in [0.15, 0.2) is 6.54 Å². The van der Waals surface area contributed by atoms with Gasteiger partial charge in [-0.05, 0) is 12.1 Å². The Hall–Kier alpha value is -1.40. The van der Waals surface area contributed by atoms with Crippen molar-refractivity contribution < 1.29 is 14.5 Å². The summed E-state index contributed by atoms with van der Waals surface area (Å²) in [6.07, 6.45) is 0. The van der Waals surface area contributed by atoms with Gasteiger partial charge in [0.1, 0.15) is 6.54 Å². The van der Waals surface area contributed by atoms with E-state index in [-0.39, 0.29) is 18.4 Å². The van der Waals surface area contributed by atoms with E-state index in [1.165, 1.54) is 5.56 Å². The van der Waals surface area contributed by atoms with Gasteiger partial charge in [0.25, 0.3) is 5.91 Å². The van der Waals surface area contributed by atoms with Crippen molar-refractivity contribution in [3.05, 3.63) is 34.3 Å². The van der Waals surface area contributed by atoms with E-state index in [1.54, 1.807) is 7.05 Å². The molecule has 104 valence electrons. The fourth-order valence-electron chi connectivity index (χ4n) is 1.62. The largest absolute Gasteiger partial charge is 0.358 e. The molecule has 1 aromatic rings. The molecule has 1 rings (SSSR count). The van der Waals surface area contributed by atoms with Crippen molar-refractivity contribution in [3.8, 4) is 0 Å². The third kappa shape index (κ3) is 6.35. The van der Waals surface area contributed by atoms with Crippen molar-refractivity contribution in [3.63, 3.8) is 0 Å². The van der Waals surface area contributed by atoms with Crippen molar-refractivity contribution in [1.29, 1.82) is 0 Å². The van der Waals surface area contributed by atoms with E-state index < -0.39 is 0 Å². The summed E-state index contributed by atoms with van der Waals surface area (Å²) in [5.74, 6) is -0.322. The quantitative estimate of drug-likeness (QED) is 0.648. The van der Waals surface area contributed by atoms with E-state index in [1.807, 2.05) is 31.3 Å². The zero-order valence-electron chi connectivity index (χ0n) is 11.1. The minimum atomic E-state index is -0.195. The van der Waals surface area contributed by atoms with Gasteiger partial charge in [-0.15, -0.1) is 0 Å². The molecule has 6 heteroatoms. The normalized spacial score (nSPS) is 11.7. The van der Waals surface area contributed by atoms with E-state index in [4.69, 9.17) is 0 Å². The van der Waals surface area contributed by atoms with Crippen molar-refractivity contribution in [2.45, 2.75) is 6.54 Å². The summed E-state index contributed by atoms with van der Waals surface area (Å²) in [5, 5.41) is 5.03. The van der Waals surface area contributed by atoms with Crippen LogP contribution in [0, 0.1) is 0 Å². The molecule has 5 nitrogen and oxygen atoms in total. The van der Waals surface area contributed by atoms with Crippen LogP contribution in [0.1, 0.15) is 5.56 Å². The lowest BCUT2D eigenvalue weighted by molar-refractivity contribution is -0.885. The van der Waals surface area contributed by atoms with Gasteiger partial charge in [0, 0.05) is 17.1 Å². The number of likely N-dealkylation sites (N-methyl/N-ethyl adjacent to an activating group) is 2. The molecule has 0 bridgehead atoms. The van der Waals surface area contributed by atoms with Crippen LogP contribution in [0.25, 0.3) is 0 Å². The monoisotopic (exact) mass is 328 g/mol. The first-order valence-electron chi connectivity index (χ1n) is 6.04. The van der Waals surface area contributed by atoms with Gasteiger partial charge in [-0.3, -0.25) is 9.59 Å². The molecule has 0 saturated heterocycles. The van der Waals surface area contributed by atoms with Crippen LogP contribution in [0.5, 0.6) is 0 Å². The highest BCUT2D eigenvalue weighted by Gasteiger charge is 2.11. The number of carbonyl (C=O) groups is 2. The zero-order valence-corrected chi connectivity index (χ0v) is 12.7. The van der Waals surface area contributed by atoms with Crippen LogP contribution >= 0.6 is 15.9 Å². The van der Waals surface area contributed by atoms with Crippen molar-refractivity contribution in [2.75, 3.05) is 27.2 Å². The number of hydrogen-bond donors (Lipinski definition) is 3. The Labute approximate surface area is 121 Å². The Morgan fingerprint density at radius 2 is 1.84 bits per heavy atom. The first-order valence-corrected chi connectivity index (χ1v) is 6.83. The standard InChI is InChI=1S/C13H18BrN3O2/c1-15-12(18)7-16-13(19)9-17(2)8-10-3-5-11(14)6-4-10/h3-6H,7-9H2,1-2H3,(H,15,18)(H,16,19)/p+1. The number of amides is 2. The molecule has 1 aromatic carbocycles. The maximum absolute atomic E-state index is 11.6. The maximum Gasteiger partial charge on any atom is 0.275 e. The number of quaternary nitrogens is 1. The van der Waals surface area contributed by atoms with E-state index in [0.717, 1.165) is 15.9 Å². The summed E-state index contributed by atoms with van der Waals surface area (Å²) in [6.45, 7) is 1.13. The number of nitrogens with one attached hydrogen (secondary N) is 3. The minimum Gasteiger partial charge on any atom is -0.358 e. The Morgan fingerprint density at radius 1 is 1.21 bits per heavy atom. The highest BCUT2D eigenvalue weighted by Crippen LogP contribution is 2.09. The van der Waals surface area contributed by atoms with Crippen molar-refractivity contribution >= 4 is 27.7 Å². The van der Waals surface area contributed by atoms with E-state index in [2.05, 4.69) is 26.6 Å². The predicted molar refractivity (Wildman–Crippen MR) is 76.7 cm³/mol. The number of halogens is 1. The molecule has 0 aromatic heterocycles. The Kier molecular flexibility index (Phi) is 6.52. The average molecular weight is 329 g/mol. The highest BCUT2D eigenvalue weighted by atomic mass is 79.9.